The summed E-state index contributed by atoms with van der Waals surface area (Å²) in [7, 11) is 0. The first-order chi connectivity index (χ1) is 13.6. The number of likely N-dealkylation sites (tertiary alicyclic amines) is 1. The number of benzene rings is 1. The molecule has 0 saturated carbocycles. The molecular weight excluding hydrogens is 356 g/mol. The summed E-state index contributed by atoms with van der Waals surface area (Å²) in [6.07, 6.45) is 1.92. The molecule has 2 fully saturated rings. The molecule has 3 rings (SSSR count). The van der Waals surface area contributed by atoms with Crippen LogP contribution in [0.15, 0.2) is 24.3 Å². The Bertz CT molecular complexity index is 641. The monoisotopic (exact) mass is 390 g/mol. The van der Waals surface area contributed by atoms with Gasteiger partial charge in [-0.3, -0.25) is 9.69 Å². The lowest BCUT2D eigenvalue weighted by molar-refractivity contribution is -0.140. The maximum atomic E-state index is 13.3. The van der Waals surface area contributed by atoms with Gasteiger partial charge in [0.15, 0.2) is 0 Å². The van der Waals surface area contributed by atoms with Crippen LogP contribution in [0.3, 0.4) is 0 Å². The zero-order chi connectivity index (χ0) is 20.0. The fraction of sp³-hybridized carbons (Fsp3) is 0.682. The Morgan fingerprint density at radius 2 is 2.07 bits per heavy atom. The van der Waals surface area contributed by atoms with E-state index in [1.54, 1.807) is 0 Å². The van der Waals surface area contributed by atoms with Gasteiger partial charge in [-0.15, -0.1) is 0 Å². The van der Waals surface area contributed by atoms with Crippen molar-refractivity contribution in [1.29, 1.82) is 0 Å². The van der Waals surface area contributed by atoms with Crippen molar-refractivity contribution in [3.05, 3.63) is 29.8 Å². The summed E-state index contributed by atoms with van der Waals surface area (Å²) >= 11 is 0. The SMILES string of the molecule is CCN(CC)C(=O)[C@H]1CN(Cc2cccc(OCCO)c2)CC12CCOCC2. The van der Waals surface area contributed by atoms with Gasteiger partial charge in [0.1, 0.15) is 12.4 Å². The van der Waals surface area contributed by atoms with Crippen LogP contribution >= 0.6 is 0 Å². The Hall–Kier alpha value is -1.63. The van der Waals surface area contributed by atoms with E-state index in [0.29, 0.717) is 12.5 Å². The van der Waals surface area contributed by atoms with Crippen molar-refractivity contribution in [2.24, 2.45) is 11.3 Å². The highest BCUT2D eigenvalue weighted by molar-refractivity contribution is 5.80. The summed E-state index contributed by atoms with van der Waals surface area (Å²) in [5.74, 6) is 1.13. The Kier molecular flexibility index (Phi) is 7.32. The topological polar surface area (TPSA) is 62.2 Å². The Labute approximate surface area is 168 Å². The normalized spacial score (nSPS) is 21.8. The third kappa shape index (κ3) is 4.67. The molecule has 28 heavy (non-hydrogen) atoms. The molecule has 1 spiro atoms. The van der Waals surface area contributed by atoms with Crippen molar-refractivity contribution in [1.82, 2.24) is 9.80 Å². The number of carbonyl (C=O) groups excluding carboxylic acids is 1. The number of amides is 1. The number of rotatable bonds is 8. The number of ether oxygens (including phenoxy) is 2. The summed E-state index contributed by atoms with van der Waals surface area (Å²) < 4.78 is 11.2. The van der Waals surface area contributed by atoms with E-state index in [1.165, 1.54) is 5.56 Å². The third-order valence-corrected chi connectivity index (χ3v) is 6.24. The van der Waals surface area contributed by atoms with E-state index in [2.05, 4.69) is 24.8 Å². The van der Waals surface area contributed by atoms with Gasteiger partial charge in [0.05, 0.1) is 12.5 Å². The zero-order valence-corrected chi connectivity index (χ0v) is 17.2. The Balaban J connectivity index is 1.74. The van der Waals surface area contributed by atoms with Crippen LogP contribution < -0.4 is 4.74 Å². The molecule has 0 aliphatic carbocycles. The number of aliphatic hydroxyl groups is 1. The van der Waals surface area contributed by atoms with Gasteiger partial charge < -0.3 is 19.5 Å². The van der Waals surface area contributed by atoms with E-state index in [0.717, 1.165) is 64.5 Å². The van der Waals surface area contributed by atoms with Crippen molar-refractivity contribution in [2.45, 2.75) is 33.2 Å². The van der Waals surface area contributed by atoms with Crippen molar-refractivity contribution >= 4 is 5.91 Å². The molecule has 1 aromatic rings. The average molecular weight is 391 g/mol. The molecule has 1 aromatic carbocycles. The van der Waals surface area contributed by atoms with Gasteiger partial charge in [-0.05, 0) is 44.4 Å². The number of hydrogen-bond donors (Lipinski definition) is 1. The summed E-state index contributed by atoms with van der Waals surface area (Å²) in [6, 6.07) is 8.03. The van der Waals surface area contributed by atoms with Crippen LogP contribution in [-0.2, 0) is 16.1 Å². The molecule has 2 aliphatic heterocycles. The van der Waals surface area contributed by atoms with E-state index in [9.17, 15) is 4.79 Å². The van der Waals surface area contributed by atoms with Gasteiger partial charge >= 0.3 is 0 Å². The van der Waals surface area contributed by atoms with Gasteiger partial charge in [-0.25, -0.2) is 0 Å². The Morgan fingerprint density at radius 3 is 2.75 bits per heavy atom. The predicted octanol–water partition coefficient (Wildman–Crippen LogP) is 2.15. The van der Waals surface area contributed by atoms with Crippen LogP contribution in [0.2, 0.25) is 0 Å². The first kappa shape index (κ1) is 21.1. The molecule has 0 bridgehead atoms. The standard InChI is InChI=1S/C22H34N2O4/c1-3-24(4-2)21(26)20-16-23(17-22(20)8-11-27-12-9-22)15-18-6-5-7-19(14-18)28-13-10-25/h5-7,14,20,25H,3-4,8-13,15-17H2,1-2H3/t20-/m1/s1. The molecule has 2 saturated heterocycles. The molecule has 156 valence electrons. The molecule has 6 nitrogen and oxygen atoms in total. The van der Waals surface area contributed by atoms with E-state index in [4.69, 9.17) is 14.6 Å². The van der Waals surface area contributed by atoms with Crippen molar-refractivity contribution in [3.8, 4) is 5.75 Å². The largest absolute Gasteiger partial charge is 0.491 e. The first-order valence-electron chi connectivity index (χ1n) is 10.5. The summed E-state index contributed by atoms with van der Waals surface area (Å²) in [4.78, 5) is 17.7. The fourth-order valence-corrected chi connectivity index (χ4v) is 4.73. The highest BCUT2D eigenvalue weighted by Crippen LogP contribution is 2.45. The number of hydrogen-bond acceptors (Lipinski definition) is 5. The molecule has 0 radical (unpaired) electrons. The third-order valence-electron chi connectivity index (χ3n) is 6.24. The van der Waals surface area contributed by atoms with Crippen LogP contribution in [0, 0.1) is 11.3 Å². The van der Waals surface area contributed by atoms with Crippen molar-refractivity contribution in [2.75, 3.05) is 52.6 Å². The average Bonchev–Trinajstić information content (AvgIpc) is 3.05. The second-order valence-corrected chi connectivity index (χ2v) is 7.93. The molecule has 0 unspecified atom stereocenters. The Morgan fingerprint density at radius 1 is 1.32 bits per heavy atom. The van der Waals surface area contributed by atoms with E-state index in [1.807, 2.05) is 23.1 Å². The van der Waals surface area contributed by atoms with E-state index in [-0.39, 0.29) is 17.9 Å². The lowest BCUT2D eigenvalue weighted by atomic mass is 9.71. The molecule has 1 N–H and O–H groups in total. The molecular formula is C22H34N2O4. The molecule has 2 aliphatic rings. The van der Waals surface area contributed by atoms with Gasteiger partial charge in [0, 0.05) is 51.4 Å². The van der Waals surface area contributed by atoms with Gasteiger partial charge in [-0.2, -0.15) is 0 Å². The quantitative estimate of drug-likeness (QED) is 0.737. The first-order valence-corrected chi connectivity index (χ1v) is 10.5. The highest BCUT2D eigenvalue weighted by Gasteiger charge is 2.51. The lowest BCUT2D eigenvalue weighted by Gasteiger charge is -2.39. The predicted molar refractivity (Wildman–Crippen MR) is 108 cm³/mol. The smallest absolute Gasteiger partial charge is 0.227 e. The molecule has 2 heterocycles. The second kappa shape index (κ2) is 9.72. The van der Waals surface area contributed by atoms with Crippen LogP contribution in [0.5, 0.6) is 5.75 Å². The number of carbonyl (C=O) groups is 1. The van der Waals surface area contributed by atoms with Crippen LogP contribution in [0.25, 0.3) is 0 Å². The fourth-order valence-electron chi connectivity index (χ4n) is 4.73. The maximum Gasteiger partial charge on any atom is 0.227 e. The molecule has 1 amide bonds. The molecule has 6 heteroatoms. The summed E-state index contributed by atoms with van der Waals surface area (Å²) in [5.41, 5.74) is 1.21. The highest BCUT2D eigenvalue weighted by atomic mass is 16.5. The number of nitrogens with zero attached hydrogens (tertiary/aromatic N) is 2. The number of aliphatic hydroxyl groups excluding tert-OH is 1. The minimum Gasteiger partial charge on any atom is -0.491 e. The summed E-state index contributed by atoms with van der Waals surface area (Å²) in [6.45, 7) is 10.0. The van der Waals surface area contributed by atoms with Gasteiger partial charge in [0.25, 0.3) is 0 Å². The van der Waals surface area contributed by atoms with Crippen molar-refractivity contribution < 1.29 is 19.4 Å². The second-order valence-electron chi connectivity index (χ2n) is 7.93. The minimum absolute atomic E-state index is 0.0100. The molecule has 0 aromatic heterocycles. The van der Waals surface area contributed by atoms with Gasteiger partial charge in [-0.1, -0.05) is 12.1 Å². The van der Waals surface area contributed by atoms with Crippen molar-refractivity contribution in [3.63, 3.8) is 0 Å². The summed E-state index contributed by atoms with van der Waals surface area (Å²) in [5, 5.41) is 8.95. The lowest BCUT2D eigenvalue weighted by Crippen LogP contribution is -2.46. The van der Waals surface area contributed by atoms with Crippen LogP contribution in [0.4, 0.5) is 0 Å². The maximum absolute atomic E-state index is 13.3. The van der Waals surface area contributed by atoms with E-state index >= 15 is 0 Å². The van der Waals surface area contributed by atoms with Crippen LogP contribution in [-0.4, -0.2) is 73.4 Å². The zero-order valence-electron chi connectivity index (χ0n) is 17.2. The van der Waals surface area contributed by atoms with Crippen LogP contribution in [0.1, 0.15) is 32.3 Å². The molecule has 1 atom stereocenters. The van der Waals surface area contributed by atoms with Gasteiger partial charge in [0.2, 0.25) is 5.91 Å². The van der Waals surface area contributed by atoms with E-state index < -0.39 is 0 Å². The minimum atomic E-state index is 0.0100.